The Kier molecular flexibility index (Phi) is 6.81. The van der Waals surface area contributed by atoms with Crippen molar-refractivity contribution in [2.24, 2.45) is 11.8 Å². The molecule has 0 aliphatic carbocycles. The summed E-state index contributed by atoms with van der Waals surface area (Å²) in [7, 11) is -3.54. The largest absolute Gasteiger partial charge is 0.388 e. The molecule has 2 saturated heterocycles. The summed E-state index contributed by atoms with van der Waals surface area (Å²) in [6, 6.07) is 13.1. The first-order valence-corrected chi connectivity index (χ1v) is 13.2. The second kappa shape index (κ2) is 9.40. The minimum absolute atomic E-state index is 0.0508. The Balaban J connectivity index is 1.35. The molecule has 0 saturated carbocycles. The molecule has 1 amide bonds. The van der Waals surface area contributed by atoms with E-state index in [9.17, 15) is 18.3 Å². The van der Waals surface area contributed by atoms with Crippen LogP contribution in [0.3, 0.4) is 0 Å². The van der Waals surface area contributed by atoms with E-state index < -0.39 is 16.1 Å². The van der Waals surface area contributed by atoms with Crippen molar-refractivity contribution in [1.29, 1.82) is 0 Å². The maximum absolute atomic E-state index is 13.2. The number of likely N-dealkylation sites (tertiary alicyclic amines) is 1. The minimum Gasteiger partial charge on any atom is -0.388 e. The molecule has 1 N–H and O–H groups in total. The zero-order chi connectivity index (χ0) is 22.0. The van der Waals surface area contributed by atoms with Crippen LogP contribution < -0.4 is 0 Å². The van der Waals surface area contributed by atoms with Crippen LogP contribution in [0.4, 0.5) is 0 Å². The van der Waals surface area contributed by atoms with Gasteiger partial charge in [0.15, 0.2) is 0 Å². The number of carbonyl (C=O) groups excluding carboxylic acids is 1. The van der Waals surface area contributed by atoms with Crippen LogP contribution in [-0.4, -0.2) is 54.8 Å². The number of rotatable bonds is 5. The molecule has 3 heterocycles. The maximum Gasteiger partial charge on any atom is 0.252 e. The predicted molar refractivity (Wildman–Crippen MR) is 121 cm³/mol. The molecule has 0 spiro atoms. The van der Waals surface area contributed by atoms with Gasteiger partial charge in [-0.1, -0.05) is 30.3 Å². The molecule has 2 aliphatic rings. The Morgan fingerprint density at radius 3 is 2.42 bits per heavy atom. The molecule has 2 atom stereocenters. The molecular weight excluding hydrogens is 432 g/mol. The second-order valence-corrected chi connectivity index (χ2v) is 12.0. The fraction of sp³-hybridized carbons (Fsp3) is 0.522. The van der Waals surface area contributed by atoms with Crippen LogP contribution >= 0.6 is 11.3 Å². The lowest BCUT2D eigenvalue weighted by Crippen LogP contribution is -2.48. The molecule has 1 aromatic carbocycles. The van der Waals surface area contributed by atoms with Crippen LogP contribution in [-0.2, 0) is 14.8 Å². The number of carbonyl (C=O) groups is 1. The van der Waals surface area contributed by atoms with E-state index in [0.29, 0.717) is 30.3 Å². The summed E-state index contributed by atoms with van der Waals surface area (Å²) in [5.41, 5.74) is 0.921. The number of hydrogen-bond acceptors (Lipinski definition) is 5. The smallest absolute Gasteiger partial charge is 0.252 e. The third-order valence-electron chi connectivity index (χ3n) is 6.48. The van der Waals surface area contributed by atoms with Crippen LogP contribution in [0.5, 0.6) is 0 Å². The fourth-order valence-electron chi connectivity index (χ4n) is 4.66. The zero-order valence-corrected chi connectivity index (χ0v) is 19.4. The van der Waals surface area contributed by atoms with Crippen molar-refractivity contribution in [1.82, 2.24) is 9.21 Å². The van der Waals surface area contributed by atoms with Crippen LogP contribution in [0, 0.1) is 18.8 Å². The van der Waals surface area contributed by atoms with Gasteiger partial charge in [0, 0.05) is 31.1 Å². The number of aliphatic hydroxyl groups is 1. The van der Waals surface area contributed by atoms with Crippen LogP contribution in [0.25, 0.3) is 0 Å². The van der Waals surface area contributed by atoms with Crippen molar-refractivity contribution in [3.63, 3.8) is 0 Å². The molecule has 2 unspecified atom stereocenters. The van der Waals surface area contributed by atoms with Gasteiger partial charge in [-0.05, 0) is 56.2 Å². The Bertz CT molecular complexity index is 998. The van der Waals surface area contributed by atoms with Gasteiger partial charge < -0.3 is 10.0 Å². The summed E-state index contributed by atoms with van der Waals surface area (Å²) in [4.78, 5) is 16.0. The third kappa shape index (κ3) is 4.87. The molecule has 0 radical (unpaired) electrons. The van der Waals surface area contributed by atoms with E-state index in [2.05, 4.69) is 0 Å². The highest BCUT2D eigenvalue weighted by molar-refractivity contribution is 7.91. The van der Waals surface area contributed by atoms with E-state index in [4.69, 9.17) is 0 Å². The maximum atomic E-state index is 13.2. The first kappa shape index (κ1) is 22.5. The van der Waals surface area contributed by atoms with E-state index in [1.165, 1.54) is 15.6 Å². The number of sulfonamides is 1. The monoisotopic (exact) mass is 462 g/mol. The number of nitrogens with zero attached hydrogens (tertiary/aromatic N) is 2. The molecule has 1 aromatic heterocycles. The van der Waals surface area contributed by atoms with Crippen LogP contribution in [0.2, 0.25) is 0 Å². The Hall–Kier alpha value is -1.74. The van der Waals surface area contributed by atoms with E-state index >= 15 is 0 Å². The average Bonchev–Trinajstić information content (AvgIpc) is 3.26. The predicted octanol–water partition coefficient (Wildman–Crippen LogP) is 3.43. The van der Waals surface area contributed by atoms with Crippen molar-refractivity contribution >= 4 is 27.3 Å². The number of benzene rings is 1. The topological polar surface area (TPSA) is 77.9 Å². The molecule has 0 bridgehead atoms. The van der Waals surface area contributed by atoms with Crippen molar-refractivity contribution in [3.8, 4) is 0 Å². The van der Waals surface area contributed by atoms with Gasteiger partial charge in [0.1, 0.15) is 4.21 Å². The van der Waals surface area contributed by atoms with E-state index in [1.807, 2.05) is 48.2 Å². The van der Waals surface area contributed by atoms with Gasteiger partial charge in [0.2, 0.25) is 5.91 Å². The number of hydrogen-bond donors (Lipinski definition) is 1. The summed E-state index contributed by atoms with van der Waals surface area (Å²) in [6.07, 6.45) is 2.42. The first-order chi connectivity index (χ1) is 14.9. The van der Waals surface area contributed by atoms with Gasteiger partial charge in [0.25, 0.3) is 10.0 Å². The summed E-state index contributed by atoms with van der Waals surface area (Å²) >= 11 is 1.28. The second-order valence-electron chi connectivity index (χ2n) is 8.59. The van der Waals surface area contributed by atoms with Gasteiger partial charge in [-0.25, -0.2) is 8.42 Å². The normalized spacial score (nSPS) is 22.4. The summed E-state index contributed by atoms with van der Waals surface area (Å²) in [5.74, 6) is -0.105. The Morgan fingerprint density at radius 1 is 1.06 bits per heavy atom. The average molecular weight is 463 g/mol. The summed E-state index contributed by atoms with van der Waals surface area (Å²) in [5, 5.41) is 10.7. The zero-order valence-electron chi connectivity index (χ0n) is 17.8. The number of piperidine rings is 2. The Labute approximate surface area is 188 Å². The van der Waals surface area contributed by atoms with Gasteiger partial charge in [-0.2, -0.15) is 4.31 Å². The summed E-state index contributed by atoms with van der Waals surface area (Å²) in [6.45, 7) is 3.84. The van der Waals surface area contributed by atoms with Crippen molar-refractivity contribution < 1.29 is 18.3 Å². The lowest BCUT2D eigenvalue weighted by atomic mass is 9.86. The first-order valence-electron chi connectivity index (χ1n) is 10.9. The van der Waals surface area contributed by atoms with Gasteiger partial charge in [0.05, 0.1) is 12.0 Å². The standard InChI is InChI=1S/C23H30N2O4S2/c1-17-9-10-21(30-17)31(28,29)25-13-5-8-20(16-25)23(27)24-14-11-19(12-15-24)22(26)18-6-3-2-4-7-18/h2-4,6-7,9-10,19-20,22,26H,5,8,11-16H2,1H3. The quantitative estimate of drug-likeness (QED) is 0.739. The number of thiophene rings is 1. The fourth-order valence-corrected chi connectivity index (χ4v) is 7.62. The number of amides is 1. The minimum atomic E-state index is -3.54. The highest BCUT2D eigenvalue weighted by atomic mass is 32.2. The van der Waals surface area contributed by atoms with Crippen molar-refractivity contribution in [2.75, 3.05) is 26.2 Å². The molecule has 6 nitrogen and oxygen atoms in total. The molecular formula is C23H30N2O4S2. The lowest BCUT2D eigenvalue weighted by molar-refractivity contribution is -0.138. The summed E-state index contributed by atoms with van der Waals surface area (Å²) < 4.78 is 27.8. The Morgan fingerprint density at radius 2 is 1.77 bits per heavy atom. The lowest BCUT2D eigenvalue weighted by Gasteiger charge is -2.38. The molecule has 2 fully saturated rings. The van der Waals surface area contributed by atoms with E-state index in [0.717, 1.165) is 29.7 Å². The molecule has 2 aromatic rings. The molecule has 2 aliphatic heterocycles. The van der Waals surface area contributed by atoms with Crippen molar-refractivity contribution in [2.45, 2.75) is 42.9 Å². The molecule has 8 heteroatoms. The van der Waals surface area contributed by atoms with Crippen molar-refractivity contribution in [3.05, 3.63) is 52.9 Å². The van der Waals surface area contributed by atoms with Gasteiger partial charge >= 0.3 is 0 Å². The number of aryl methyl sites for hydroxylation is 1. The highest BCUT2D eigenvalue weighted by Crippen LogP contribution is 2.33. The highest BCUT2D eigenvalue weighted by Gasteiger charge is 2.37. The molecule has 4 rings (SSSR count). The third-order valence-corrected chi connectivity index (χ3v) is 9.82. The van der Waals surface area contributed by atoms with Crippen LogP contribution in [0.1, 0.15) is 42.2 Å². The van der Waals surface area contributed by atoms with Crippen LogP contribution in [0.15, 0.2) is 46.7 Å². The van der Waals surface area contributed by atoms with Gasteiger partial charge in [-0.3, -0.25) is 4.79 Å². The van der Waals surface area contributed by atoms with E-state index in [-0.39, 0.29) is 24.3 Å². The SMILES string of the molecule is Cc1ccc(S(=O)(=O)N2CCCC(C(=O)N3CCC(C(O)c4ccccc4)CC3)C2)s1. The van der Waals surface area contributed by atoms with Gasteiger partial charge in [-0.15, -0.1) is 11.3 Å². The number of aliphatic hydroxyl groups excluding tert-OH is 1. The molecule has 168 valence electrons. The molecule has 31 heavy (non-hydrogen) atoms. The van der Waals surface area contributed by atoms with E-state index in [1.54, 1.807) is 6.07 Å².